The molecule has 2 aliphatic rings. The Hall–Kier alpha value is -1.49. The van der Waals surface area contributed by atoms with Crippen LogP contribution in [0.2, 0.25) is 0 Å². The van der Waals surface area contributed by atoms with Crippen LogP contribution in [0.5, 0.6) is 0 Å². The van der Waals surface area contributed by atoms with Gasteiger partial charge < -0.3 is 4.90 Å². The number of hydrogen-bond acceptors (Lipinski definition) is 3. The van der Waals surface area contributed by atoms with Crippen LogP contribution in [-0.2, 0) is 15.0 Å². The molecule has 2 amide bonds. The first-order chi connectivity index (χ1) is 9.20. The summed E-state index contributed by atoms with van der Waals surface area (Å²) < 4.78 is 0. The van der Waals surface area contributed by atoms with E-state index >= 15 is 0 Å². The second-order valence-electron chi connectivity index (χ2n) is 6.23. The molecule has 2 atom stereocenters. The summed E-state index contributed by atoms with van der Waals surface area (Å²) in [4.78, 5) is 27.5. The number of carbonyl (C=O) groups excluding carboxylic acids is 2. The van der Waals surface area contributed by atoms with E-state index in [0.717, 1.165) is 11.3 Å². The number of rotatable bonds is 0. The smallest absolute Gasteiger partial charge is 0.263 e. The zero-order chi connectivity index (χ0) is 14.9. The van der Waals surface area contributed by atoms with Gasteiger partial charge in [0.2, 0.25) is 5.91 Å². The number of thiol groups is 1. The van der Waals surface area contributed by atoms with E-state index in [1.54, 1.807) is 18.9 Å². The Kier molecular flexibility index (Phi) is 2.55. The number of amides is 2. The maximum atomic E-state index is 12.8. The SMILES string of the molecule is CN1C(=O)[C@@H]2N(C(=O)[C@]1(C)S)c1ccccc1C2(C)C. The fraction of sp³-hybridized carbons (Fsp3) is 0.467. The zero-order valence-corrected chi connectivity index (χ0v) is 12.9. The van der Waals surface area contributed by atoms with Crippen molar-refractivity contribution in [1.29, 1.82) is 0 Å². The van der Waals surface area contributed by atoms with Gasteiger partial charge in [0.1, 0.15) is 6.04 Å². The summed E-state index contributed by atoms with van der Waals surface area (Å²) in [5.74, 6) is -0.214. The third kappa shape index (κ3) is 1.39. The van der Waals surface area contributed by atoms with Crippen molar-refractivity contribution in [3.8, 4) is 0 Å². The number of piperazine rings is 1. The van der Waals surface area contributed by atoms with Crippen LogP contribution in [-0.4, -0.2) is 34.7 Å². The summed E-state index contributed by atoms with van der Waals surface area (Å²) in [7, 11) is 1.64. The molecule has 4 nitrogen and oxygen atoms in total. The van der Waals surface area contributed by atoms with Gasteiger partial charge >= 0.3 is 0 Å². The van der Waals surface area contributed by atoms with Gasteiger partial charge in [0.25, 0.3) is 5.91 Å². The molecule has 0 saturated carbocycles. The van der Waals surface area contributed by atoms with E-state index in [9.17, 15) is 9.59 Å². The first-order valence-electron chi connectivity index (χ1n) is 6.64. The summed E-state index contributed by atoms with van der Waals surface area (Å²) in [6.07, 6.45) is 0. The molecule has 1 aromatic carbocycles. The highest BCUT2D eigenvalue weighted by molar-refractivity contribution is 7.82. The van der Waals surface area contributed by atoms with Gasteiger partial charge in [-0.2, -0.15) is 0 Å². The number of carbonyl (C=O) groups is 2. The number of anilines is 1. The van der Waals surface area contributed by atoms with E-state index in [2.05, 4.69) is 12.6 Å². The normalized spacial score (nSPS) is 31.4. The van der Waals surface area contributed by atoms with E-state index < -0.39 is 16.3 Å². The lowest BCUT2D eigenvalue weighted by atomic mass is 9.79. The van der Waals surface area contributed by atoms with Gasteiger partial charge in [-0.3, -0.25) is 14.5 Å². The van der Waals surface area contributed by atoms with Gasteiger partial charge in [-0.05, 0) is 18.6 Å². The predicted octanol–water partition coefficient (Wildman–Crippen LogP) is 1.80. The summed E-state index contributed by atoms with van der Waals surface area (Å²) in [5.41, 5.74) is 1.46. The van der Waals surface area contributed by atoms with Gasteiger partial charge in [0.05, 0.1) is 0 Å². The van der Waals surface area contributed by atoms with Crippen LogP contribution in [0.3, 0.4) is 0 Å². The maximum absolute atomic E-state index is 12.8. The quantitative estimate of drug-likeness (QED) is 0.740. The third-order valence-electron chi connectivity index (χ3n) is 4.64. The highest BCUT2D eigenvalue weighted by Crippen LogP contribution is 2.49. The van der Waals surface area contributed by atoms with E-state index in [1.807, 2.05) is 38.1 Å². The number of hydrogen-bond donors (Lipinski definition) is 1. The fourth-order valence-electron chi connectivity index (χ4n) is 3.25. The molecule has 2 aliphatic heterocycles. The van der Waals surface area contributed by atoms with E-state index in [0.29, 0.717) is 0 Å². The highest BCUT2D eigenvalue weighted by Gasteiger charge is 2.59. The predicted molar refractivity (Wildman–Crippen MR) is 80.9 cm³/mol. The van der Waals surface area contributed by atoms with Crippen LogP contribution in [0.15, 0.2) is 24.3 Å². The van der Waals surface area contributed by atoms with Crippen LogP contribution >= 0.6 is 12.6 Å². The van der Waals surface area contributed by atoms with Crippen molar-refractivity contribution in [2.75, 3.05) is 11.9 Å². The van der Waals surface area contributed by atoms with Crippen LogP contribution < -0.4 is 4.90 Å². The molecule has 1 fully saturated rings. The molecule has 1 aromatic rings. The van der Waals surface area contributed by atoms with Crippen LogP contribution in [0, 0.1) is 0 Å². The number of nitrogens with zero attached hydrogens (tertiary/aromatic N) is 2. The minimum Gasteiger partial charge on any atom is -0.321 e. The molecule has 0 unspecified atom stereocenters. The molecule has 1 saturated heterocycles. The van der Waals surface area contributed by atoms with Crippen molar-refractivity contribution >= 4 is 30.1 Å². The monoisotopic (exact) mass is 290 g/mol. The minimum atomic E-state index is -1.11. The lowest BCUT2D eigenvalue weighted by Gasteiger charge is -2.47. The molecule has 3 rings (SSSR count). The Labute approximate surface area is 124 Å². The van der Waals surface area contributed by atoms with Gasteiger partial charge in [-0.15, -0.1) is 12.6 Å². The molecular weight excluding hydrogens is 272 g/mol. The van der Waals surface area contributed by atoms with Gasteiger partial charge in [0, 0.05) is 18.2 Å². The van der Waals surface area contributed by atoms with Crippen molar-refractivity contribution in [2.24, 2.45) is 0 Å². The molecule has 5 heteroatoms. The number of fused-ring (bicyclic) bond motifs is 3. The first-order valence-corrected chi connectivity index (χ1v) is 7.08. The van der Waals surface area contributed by atoms with Crippen molar-refractivity contribution in [2.45, 2.75) is 37.1 Å². The van der Waals surface area contributed by atoms with Crippen LogP contribution in [0.25, 0.3) is 0 Å². The lowest BCUT2D eigenvalue weighted by Crippen LogP contribution is -2.69. The molecule has 0 radical (unpaired) electrons. The zero-order valence-electron chi connectivity index (χ0n) is 12.0. The standard InChI is InChI=1S/C15H18N2O2S/c1-14(2)9-7-5-6-8-10(9)17-11(14)12(18)16(4)15(3,20)13(17)19/h5-8,11,20H,1-4H3/t11-,15-/m0/s1. The van der Waals surface area contributed by atoms with Crippen molar-refractivity contribution in [3.63, 3.8) is 0 Å². The van der Waals surface area contributed by atoms with Gasteiger partial charge in [-0.25, -0.2) is 0 Å². The van der Waals surface area contributed by atoms with E-state index in [-0.39, 0.29) is 11.8 Å². The Bertz CT molecular complexity index is 624. The summed E-state index contributed by atoms with van der Waals surface area (Å²) in [6.45, 7) is 5.69. The van der Waals surface area contributed by atoms with Crippen molar-refractivity contribution in [3.05, 3.63) is 29.8 Å². The summed E-state index contributed by atoms with van der Waals surface area (Å²) >= 11 is 4.41. The highest BCUT2D eigenvalue weighted by atomic mass is 32.1. The second kappa shape index (κ2) is 3.79. The average molecular weight is 290 g/mol. The van der Waals surface area contributed by atoms with Crippen molar-refractivity contribution < 1.29 is 9.59 Å². The number of para-hydroxylation sites is 1. The molecule has 0 N–H and O–H groups in total. The fourth-order valence-corrected chi connectivity index (χ4v) is 3.46. The summed E-state index contributed by atoms with van der Waals surface area (Å²) in [6, 6.07) is 7.24. The molecule has 2 heterocycles. The molecular formula is C15H18N2O2S. The first kappa shape index (κ1) is 13.5. The second-order valence-corrected chi connectivity index (χ2v) is 7.11. The van der Waals surface area contributed by atoms with Crippen LogP contribution in [0.1, 0.15) is 26.3 Å². The van der Waals surface area contributed by atoms with Crippen molar-refractivity contribution in [1.82, 2.24) is 4.90 Å². The van der Waals surface area contributed by atoms with E-state index in [1.165, 1.54) is 4.90 Å². The Morgan fingerprint density at radius 3 is 2.40 bits per heavy atom. The molecule has 0 aliphatic carbocycles. The number of likely N-dealkylation sites (N-methyl/N-ethyl adjacent to an activating group) is 1. The molecule has 20 heavy (non-hydrogen) atoms. The lowest BCUT2D eigenvalue weighted by molar-refractivity contribution is -0.146. The van der Waals surface area contributed by atoms with E-state index in [4.69, 9.17) is 0 Å². The average Bonchev–Trinajstić information content (AvgIpc) is 2.63. The van der Waals surface area contributed by atoms with Crippen LogP contribution in [0.4, 0.5) is 5.69 Å². The van der Waals surface area contributed by atoms with Gasteiger partial charge in [-0.1, -0.05) is 32.0 Å². The largest absolute Gasteiger partial charge is 0.321 e. The molecule has 0 bridgehead atoms. The Morgan fingerprint density at radius 1 is 1.15 bits per heavy atom. The molecule has 106 valence electrons. The van der Waals surface area contributed by atoms with Gasteiger partial charge in [0.15, 0.2) is 4.87 Å². The summed E-state index contributed by atoms with van der Waals surface area (Å²) in [5, 5.41) is 0. The minimum absolute atomic E-state index is 0.0664. The Morgan fingerprint density at radius 2 is 1.75 bits per heavy atom. The maximum Gasteiger partial charge on any atom is 0.263 e. The third-order valence-corrected chi connectivity index (χ3v) is 5.13. The molecule has 0 aromatic heterocycles. The number of benzene rings is 1. The Balaban J connectivity index is 2.25. The topological polar surface area (TPSA) is 40.6 Å². The molecule has 0 spiro atoms.